The summed E-state index contributed by atoms with van der Waals surface area (Å²) in [6.07, 6.45) is 65.8. The van der Waals surface area contributed by atoms with Crippen LogP contribution in [0.15, 0.2) is 85.1 Å². The van der Waals surface area contributed by atoms with Gasteiger partial charge < -0.3 is 14.2 Å². The smallest absolute Gasteiger partial charge is 0.306 e. The summed E-state index contributed by atoms with van der Waals surface area (Å²) in [6.45, 7) is 6.43. The lowest BCUT2D eigenvalue weighted by molar-refractivity contribution is -0.167. The van der Waals surface area contributed by atoms with Gasteiger partial charge in [0.1, 0.15) is 13.2 Å². The Kier molecular flexibility index (Phi) is 48.5. The molecule has 0 heterocycles. The number of carbonyl (C=O) groups excluding carboxylic acids is 3. The van der Waals surface area contributed by atoms with Crippen molar-refractivity contribution >= 4 is 17.9 Å². The van der Waals surface area contributed by atoms with Crippen LogP contribution >= 0.6 is 0 Å². The van der Waals surface area contributed by atoms with Gasteiger partial charge in [0.25, 0.3) is 0 Å². The summed E-state index contributed by atoms with van der Waals surface area (Å²) in [5.41, 5.74) is 0. The molecule has 0 aliphatic rings. The molecule has 0 radical (unpaired) electrons. The number of hydrogen-bond donors (Lipinski definition) is 0. The number of rotatable bonds is 46. The summed E-state index contributed by atoms with van der Waals surface area (Å²) < 4.78 is 16.7. The van der Waals surface area contributed by atoms with Crippen LogP contribution in [0.25, 0.3) is 0 Å². The monoisotopic (exact) mass is 877 g/mol. The lowest BCUT2D eigenvalue weighted by Gasteiger charge is -2.18. The predicted molar refractivity (Wildman–Crippen MR) is 270 cm³/mol. The fourth-order valence-corrected chi connectivity index (χ4v) is 6.98. The Balaban J connectivity index is 4.41. The van der Waals surface area contributed by atoms with Gasteiger partial charge in [-0.15, -0.1) is 0 Å². The number of unbranched alkanes of at least 4 members (excludes halogenated alkanes) is 21. The molecular weight excluding hydrogens is 781 g/mol. The molecule has 0 aromatic carbocycles. The molecule has 0 fully saturated rings. The van der Waals surface area contributed by atoms with Crippen molar-refractivity contribution in [3.05, 3.63) is 85.1 Å². The maximum absolute atomic E-state index is 12.8. The number of carbonyl (C=O) groups is 3. The van der Waals surface area contributed by atoms with E-state index in [0.29, 0.717) is 19.3 Å². The Labute approximate surface area is 388 Å². The standard InChI is InChI=1S/C57H96O6/c1-4-7-10-13-16-19-21-23-25-27-28-30-31-33-35-38-41-44-47-50-56(59)62-53-54(52-61-55(58)49-46-43-40-37-18-15-12-9-6-3)63-57(60)51-48-45-42-39-36-34-32-29-26-24-22-20-17-14-11-8-5-2/h8,11,16-17,19-20,23-26,32,34,39,42,54H,4-7,9-10,12-15,18,21-22,27-31,33,35-38,40-41,43-53H2,1-3H3/b11-8-,19-16-,20-17-,25-23-,26-24-,34-32-,42-39-/t54-/m1/s1. The molecule has 0 amide bonds. The third kappa shape index (κ3) is 49.5. The van der Waals surface area contributed by atoms with E-state index in [9.17, 15) is 14.4 Å². The molecule has 0 aliphatic carbocycles. The second-order valence-electron chi connectivity index (χ2n) is 17.1. The van der Waals surface area contributed by atoms with Crippen LogP contribution in [-0.2, 0) is 28.6 Å². The van der Waals surface area contributed by atoms with E-state index in [1.54, 1.807) is 0 Å². The van der Waals surface area contributed by atoms with Gasteiger partial charge in [0.2, 0.25) is 0 Å². The molecule has 0 aliphatic heterocycles. The highest BCUT2D eigenvalue weighted by Gasteiger charge is 2.19. The van der Waals surface area contributed by atoms with Crippen LogP contribution in [0.2, 0.25) is 0 Å². The van der Waals surface area contributed by atoms with E-state index in [4.69, 9.17) is 14.2 Å². The van der Waals surface area contributed by atoms with Crippen molar-refractivity contribution in [2.45, 2.75) is 245 Å². The van der Waals surface area contributed by atoms with Crippen LogP contribution in [0.4, 0.5) is 0 Å². The van der Waals surface area contributed by atoms with Crippen LogP contribution < -0.4 is 0 Å². The molecule has 0 rings (SSSR count). The van der Waals surface area contributed by atoms with Gasteiger partial charge in [0.15, 0.2) is 6.10 Å². The summed E-state index contributed by atoms with van der Waals surface area (Å²) in [7, 11) is 0. The van der Waals surface area contributed by atoms with E-state index in [1.807, 2.05) is 0 Å². The lowest BCUT2D eigenvalue weighted by atomic mass is 10.1. The van der Waals surface area contributed by atoms with Crippen molar-refractivity contribution in [2.75, 3.05) is 13.2 Å². The summed E-state index contributed by atoms with van der Waals surface area (Å²) in [4.78, 5) is 37.9. The summed E-state index contributed by atoms with van der Waals surface area (Å²) >= 11 is 0. The van der Waals surface area contributed by atoms with E-state index in [2.05, 4.69) is 106 Å². The van der Waals surface area contributed by atoms with Crippen LogP contribution in [0.3, 0.4) is 0 Å². The van der Waals surface area contributed by atoms with Gasteiger partial charge >= 0.3 is 17.9 Å². The molecule has 0 aromatic rings. The van der Waals surface area contributed by atoms with Crippen LogP contribution in [0, 0.1) is 0 Å². The highest BCUT2D eigenvalue weighted by molar-refractivity contribution is 5.71. The quantitative estimate of drug-likeness (QED) is 0.0262. The normalized spacial score (nSPS) is 12.7. The maximum Gasteiger partial charge on any atom is 0.306 e. The van der Waals surface area contributed by atoms with Crippen LogP contribution in [0.5, 0.6) is 0 Å². The van der Waals surface area contributed by atoms with E-state index >= 15 is 0 Å². The number of esters is 3. The zero-order chi connectivity index (χ0) is 45.8. The van der Waals surface area contributed by atoms with Crippen LogP contribution in [-0.4, -0.2) is 37.2 Å². The number of ether oxygens (including phenoxy) is 3. The third-order valence-corrected chi connectivity index (χ3v) is 10.9. The fourth-order valence-electron chi connectivity index (χ4n) is 6.98. The SMILES string of the molecule is CC/C=C\C/C=C\C/C=C\C/C=C\C/C=C\CCCC(=O)O[C@H](COC(=O)CCCCCCCCCCC)COC(=O)CCCCCCCCCCC/C=C\C/C=C\CCCCC. The Bertz CT molecular complexity index is 1240. The van der Waals surface area contributed by atoms with Gasteiger partial charge in [-0.1, -0.05) is 215 Å². The first-order valence-electron chi connectivity index (χ1n) is 26.1. The van der Waals surface area contributed by atoms with Gasteiger partial charge in [-0.2, -0.15) is 0 Å². The second kappa shape index (κ2) is 51.2. The minimum absolute atomic E-state index is 0.0996. The average Bonchev–Trinajstić information content (AvgIpc) is 3.28. The first-order valence-corrected chi connectivity index (χ1v) is 26.1. The van der Waals surface area contributed by atoms with Crippen molar-refractivity contribution in [1.29, 1.82) is 0 Å². The van der Waals surface area contributed by atoms with E-state index in [0.717, 1.165) is 83.5 Å². The first kappa shape index (κ1) is 59.6. The van der Waals surface area contributed by atoms with Crippen molar-refractivity contribution in [3.63, 3.8) is 0 Å². The van der Waals surface area contributed by atoms with Gasteiger partial charge in [-0.05, 0) is 89.9 Å². The molecule has 6 heteroatoms. The highest BCUT2D eigenvalue weighted by atomic mass is 16.6. The van der Waals surface area contributed by atoms with E-state index in [-0.39, 0.29) is 37.5 Å². The van der Waals surface area contributed by atoms with E-state index < -0.39 is 6.10 Å². The Morgan fingerprint density at radius 3 is 1.05 bits per heavy atom. The van der Waals surface area contributed by atoms with Gasteiger partial charge in [-0.3, -0.25) is 14.4 Å². The average molecular weight is 877 g/mol. The molecule has 0 N–H and O–H groups in total. The third-order valence-electron chi connectivity index (χ3n) is 10.9. The summed E-state index contributed by atoms with van der Waals surface area (Å²) in [5, 5.41) is 0. The first-order chi connectivity index (χ1) is 31.0. The molecule has 0 aromatic heterocycles. The summed E-state index contributed by atoms with van der Waals surface area (Å²) in [5.74, 6) is -0.966. The van der Waals surface area contributed by atoms with Crippen LogP contribution in [0.1, 0.15) is 239 Å². The maximum atomic E-state index is 12.8. The summed E-state index contributed by atoms with van der Waals surface area (Å²) in [6, 6.07) is 0. The largest absolute Gasteiger partial charge is 0.462 e. The lowest BCUT2D eigenvalue weighted by Crippen LogP contribution is -2.30. The van der Waals surface area contributed by atoms with Crippen molar-refractivity contribution < 1.29 is 28.6 Å². The van der Waals surface area contributed by atoms with Crippen molar-refractivity contribution in [3.8, 4) is 0 Å². The molecule has 0 spiro atoms. The Hall–Kier alpha value is -3.41. The molecule has 0 bridgehead atoms. The van der Waals surface area contributed by atoms with Gasteiger partial charge in [-0.25, -0.2) is 0 Å². The Morgan fingerprint density at radius 2 is 0.635 bits per heavy atom. The molecule has 6 nitrogen and oxygen atoms in total. The fraction of sp³-hybridized carbons (Fsp3) is 0.702. The molecule has 0 unspecified atom stereocenters. The molecule has 0 saturated carbocycles. The minimum Gasteiger partial charge on any atom is -0.462 e. The zero-order valence-corrected chi connectivity index (χ0v) is 41.1. The van der Waals surface area contributed by atoms with Crippen molar-refractivity contribution in [2.24, 2.45) is 0 Å². The molecule has 360 valence electrons. The molecular formula is C57H96O6. The second-order valence-corrected chi connectivity index (χ2v) is 17.1. The number of hydrogen-bond acceptors (Lipinski definition) is 6. The number of allylic oxidation sites excluding steroid dienone is 14. The minimum atomic E-state index is -0.805. The topological polar surface area (TPSA) is 78.9 Å². The van der Waals surface area contributed by atoms with Crippen molar-refractivity contribution in [1.82, 2.24) is 0 Å². The van der Waals surface area contributed by atoms with Gasteiger partial charge in [0.05, 0.1) is 0 Å². The molecule has 1 atom stereocenters. The van der Waals surface area contributed by atoms with Gasteiger partial charge in [0, 0.05) is 19.3 Å². The zero-order valence-electron chi connectivity index (χ0n) is 41.1. The predicted octanol–water partition coefficient (Wildman–Crippen LogP) is 17.2. The molecule has 63 heavy (non-hydrogen) atoms. The molecule has 0 saturated heterocycles. The van der Waals surface area contributed by atoms with E-state index in [1.165, 1.54) is 109 Å². The Morgan fingerprint density at radius 1 is 0.333 bits per heavy atom. The highest BCUT2D eigenvalue weighted by Crippen LogP contribution is 2.14.